The van der Waals surface area contributed by atoms with E-state index in [2.05, 4.69) is 29.1 Å². The maximum absolute atomic E-state index is 12.2. The average molecular weight is 330 g/mol. The first-order valence-corrected chi connectivity index (χ1v) is 8.47. The summed E-state index contributed by atoms with van der Waals surface area (Å²) in [6.07, 6.45) is 4.49. The number of rotatable bonds is 6. The first kappa shape index (κ1) is 17.3. The number of hydrogen-bond donors (Lipinski definition) is 1. The van der Waals surface area contributed by atoms with Crippen molar-refractivity contribution in [1.29, 1.82) is 0 Å². The van der Waals surface area contributed by atoms with Crippen LogP contribution in [0.25, 0.3) is 0 Å². The lowest BCUT2D eigenvalue weighted by Gasteiger charge is -2.21. The van der Waals surface area contributed by atoms with Crippen LogP contribution in [0.1, 0.15) is 20.3 Å². The number of carbonyl (C=O) groups excluding carboxylic acids is 1. The van der Waals surface area contributed by atoms with E-state index in [4.69, 9.17) is 0 Å². The summed E-state index contributed by atoms with van der Waals surface area (Å²) in [4.78, 5) is 22.5. The van der Waals surface area contributed by atoms with E-state index in [0.29, 0.717) is 5.92 Å². The average Bonchev–Trinajstić information content (AvgIpc) is 2.56. The maximum atomic E-state index is 12.2. The van der Waals surface area contributed by atoms with Crippen LogP contribution in [0.15, 0.2) is 52.8 Å². The third-order valence-corrected chi connectivity index (χ3v) is 4.35. The van der Waals surface area contributed by atoms with Crippen LogP contribution in [0.2, 0.25) is 0 Å². The second kappa shape index (κ2) is 8.53. The number of nitrogens with one attached hydrogen (secondary N) is 1. The summed E-state index contributed by atoms with van der Waals surface area (Å²) in [5.41, 5.74) is 0.736. The van der Waals surface area contributed by atoms with Crippen LogP contribution in [0.4, 0.5) is 10.5 Å². The lowest BCUT2D eigenvalue weighted by molar-refractivity contribution is 0.215. The highest BCUT2D eigenvalue weighted by Gasteiger charge is 2.12. The largest absolute Gasteiger partial charge is 0.327 e. The van der Waals surface area contributed by atoms with Crippen molar-refractivity contribution in [2.24, 2.45) is 5.92 Å². The van der Waals surface area contributed by atoms with Crippen LogP contribution >= 0.6 is 11.8 Å². The normalized spacial score (nSPS) is 11.8. The number of anilines is 1. The zero-order valence-corrected chi connectivity index (χ0v) is 14.5. The molecular formula is C17H22N4OS. The molecule has 0 radical (unpaired) electrons. The van der Waals surface area contributed by atoms with Crippen LogP contribution < -0.4 is 5.32 Å². The Hall–Kier alpha value is -2.08. The van der Waals surface area contributed by atoms with Crippen molar-refractivity contribution in [1.82, 2.24) is 14.9 Å². The number of pyridine rings is 2. The van der Waals surface area contributed by atoms with Gasteiger partial charge < -0.3 is 10.2 Å². The summed E-state index contributed by atoms with van der Waals surface area (Å²) >= 11 is 1.46. The second-order valence-corrected chi connectivity index (χ2v) is 6.52. The zero-order chi connectivity index (χ0) is 16.7. The molecule has 1 unspecified atom stereocenters. The molecule has 0 aliphatic carbocycles. The second-order valence-electron chi connectivity index (χ2n) is 5.48. The Bertz CT molecular complexity index is 636. The lowest BCUT2D eigenvalue weighted by atomic mass is 10.1. The molecule has 122 valence electrons. The molecule has 0 aliphatic heterocycles. The lowest BCUT2D eigenvalue weighted by Crippen LogP contribution is -2.34. The van der Waals surface area contributed by atoms with Gasteiger partial charge >= 0.3 is 6.03 Å². The minimum atomic E-state index is -0.106. The Labute approximate surface area is 141 Å². The quantitative estimate of drug-likeness (QED) is 0.865. The Morgan fingerprint density at radius 2 is 2.04 bits per heavy atom. The van der Waals surface area contributed by atoms with E-state index >= 15 is 0 Å². The summed E-state index contributed by atoms with van der Waals surface area (Å²) in [6, 6.07) is 9.28. The van der Waals surface area contributed by atoms with E-state index in [0.717, 1.165) is 28.7 Å². The predicted molar refractivity (Wildman–Crippen MR) is 93.7 cm³/mol. The van der Waals surface area contributed by atoms with Gasteiger partial charge in [0.05, 0.1) is 0 Å². The van der Waals surface area contributed by atoms with Crippen molar-refractivity contribution in [3.05, 3.63) is 42.7 Å². The van der Waals surface area contributed by atoms with Gasteiger partial charge in [0, 0.05) is 31.7 Å². The third-order valence-electron chi connectivity index (χ3n) is 3.46. The molecule has 0 saturated carbocycles. The molecule has 2 amide bonds. The molecule has 0 aliphatic rings. The van der Waals surface area contributed by atoms with E-state index in [1.807, 2.05) is 31.3 Å². The number of nitrogens with zero attached hydrogens (tertiary/aromatic N) is 3. The first-order chi connectivity index (χ1) is 11.1. The number of carbonyl (C=O) groups is 1. The minimum absolute atomic E-state index is 0.106. The van der Waals surface area contributed by atoms with E-state index in [1.54, 1.807) is 23.4 Å². The summed E-state index contributed by atoms with van der Waals surface area (Å²) in [6.45, 7) is 5.00. The summed E-state index contributed by atoms with van der Waals surface area (Å²) in [5.74, 6) is 0.485. The van der Waals surface area contributed by atoms with E-state index in [9.17, 15) is 4.79 Å². The summed E-state index contributed by atoms with van der Waals surface area (Å²) < 4.78 is 0. The zero-order valence-electron chi connectivity index (χ0n) is 13.7. The number of urea groups is 1. The van der Waals surface area contributed by atoms with Gasteiger partial charge in [0.15, 0.2) is 0 Å². The fraction of sp³-hybridized carbons (Fsp3) is 0.353. The summed E-state index contributed by atoms with van der Waals surface area (Å²) in [7, 11) is 1.81. The monoisotopic (exact) mass is 330 g/mol. The topological polar surface area (TPSA) is 58.1 Å². The molecule has 0 bridgehead atoms. The fourth-order valence-corrected chi connectivity index (χ4v) is 2.73. The molecule has 2 aromatic rings. The van der Waals surface area contributed by atoms with Crippen LogP contribution in [-0.4, -0.2) is 34.5 Å². The molecule has 2 rings (SSSR count). The van der Waals surface area contributed by atoms with Gasteiger partial charge in [-0.05, 0) is 30.2 Å². The minimum Gasteiger partial charge on any atom is -0.327 e. The standard InChI is InChI=1S/C17H22N4OS/c1-4-13(2)12-21(3)17(22)20-14-8-10-19-16(11-14)23-15-7-5-6-9-18-15/h5-11,13H,4,12H2,1-3H3,(H,19,20,22). The molecule has 0 saturated heterocycles. The van der Waals surface area contributed by atoms with Gasteiger partial charge in [0.2, 0.25) is 0 Å². The molecule has 1 atom stereocenters. The molecule has 0 aromatic carbocycles. The fourth-order valence-electron chi connectivity index (χ4n) is 1.96. The SMILES string of the molecule is CCC(C)CN(C)C(=O)Nc1ccnc(Sc2ccccn2)c1. The number of amides is 2. The molecule has 1 N–H and O–H groups in total. The maximum Gasteiger partial charge on any atom is 0.321 e. The molecule has 2 heterocycles. The van der Waals surface area contributed by atoms with Gasteiger partial charge in [0.25, 0.3) is 0 Å². The van der Waals surface area contributed by atoms with Crippen molar-refractivity contribution >= 4 is 23.5 Å². The third kappa shape index (κ3) is 5.56. The molecule has 2 aromatic heterocycles. The van der Waals surface area contributed by atoms with Crippen molar-refractivity contribution in [2.75, 3.05) is 18.9 Å². The number of hydrogen-bond acceptors (Lipinski definition) is 4. The molecule has 5 nitrogen and oxygen atoms in total. The molecule has 0 fully saturated rings. The van der Waals surface area contributed by atoms with Gasteiger partial charge in [-0.15, -0.1) is 0 Å². The summed E-state index contributed by atoms with van der Waals surface area (Å²) in [5, 5.41) is 4.58. The Kier molecular flexibility index (Phi) is 6.40. The van der Waals surface area contributed by atoms with Crippen LogP contribution in [0.3, 0.4) is 0 Å². The Morgan fingerprint density at radius 3 is 2.74 bits per heavy atom. The highest BCUT2D eigenvalue weighted by atomic mass is 32.2. The molecule has 0 spiro atoms. The molecule has 6 heteroatoms. The Balaban J connectivity index is 1.98. The van der Waals surface area contributed by atoms with E-state index in [1.165, 1.54) is 11.8 Å². The smallest absolute Gasteiger partial charge is 0.321 e. The van der Waals surface area contributed by atoms with Crippen molar-refractivity contribution in [3.8, 4) is 0 Å². The Morgan fingerprint density at radius 1 is 1.26 bits per heavy atom. The van der Waals surface area contributed by atoms with E-state index in [-0.39, 0.29) is 6.03 Å². The predicted octanol–water partition coefficient (Wildman–Crippen LogP) is 4.14. The van der Waals surface area contributed by atoms with Crippen molar-refractivity contribution in [3.63, 3.8) is 0 Å². The molecular weight excluding hydrogens is 308 g/mol. The van der Waals surface area contributed by atoms with Crippen molar-refractivity contribution in [2.45, 2.75) is 30.3 Å². The van der Waals surface area contributed by atoms with Gasteiger partial charge in [-0.1, -0.05) is 38.1 Å². The van der Waals surface area contributed by atoms with Gasteiger partial charge in [-0.2, -0.15) is 0 Å². The van der Waals surface area contributed by atoms with Crippen molar-refractivity contribution < 1.29 is 4.79 Å². The van der Waals surface area contributed by atoms with Crippen LogP contribution in [0.5, 0.6) is 0 Å². The number of aromatic nitrogens is 2. The van der Waals surface area contributed by atoms with Gasteiger partial charge in [-0.3, -0.25) is 0 Å². The van der Waals surface area contributed by atoms with Gasteiger partial charge in [-0.25, -0.2) is 14.8 Å². The highest BCUT2D eigenvalue weighted by Crippen LogP contribution is 2.25. The van der Waals surface area contributed by atoms with Crippen LogP contribution in [-0.2, 0) is 0 Å². The van der Waals surface area contributed by atoms with E-state index < -0.39 is 0 Å². The van der Waals surface area contributed by atoms with Gasteiger partial charge in [0.1, 0.15) is 10.1 Å². The molecule has 23 heavy (non-hydrogen) atoms. The van der Waals surface area contributed by atoms with Crippen LogP contribution in [0, 0.1) is 5.92 Å². The first-order valence-electron chi connectivity index (χ1n) is 7.65. The highest BCUT2D eigenvalue weighted by molar-refractivity contribution is 7.99.